The lowest BCUT2D eigenvalue weighted by atomic mass is 9.61. The van der Waals surface area contributed by atoms with Gasteiger partial charge in [-0.05, 0) is 43.1 Å². The molecule has 0 aliphatic heterocycles. The molecule has 0 aromatic heterocycles. The number of aliphatic hydroxyl groups is 2. The summed E-state index contributed by atoms with van der Waals surface area (Å²) in [6, 6.07) is 0. The SMILES string of the molecule is C=CCC(C)(C)[C@@](O)(CCCC)[C@@H](O)C1=CCCC[C@]1(C)C=C. The maximum absolute atomic E-state index is 11.6. The first-order valence-corrected chi connectivity index (χ1v) is 9.04. The molecule has 0 fully saturated rings. The average molecular weight is 321 g/mol. The van der Waals surface area contributed by atoms with Crippen LogP contribution in [0.3, 0.4) is 0 Å². The zero-order chi connectivity index (χ0) is 17.7. The Morgan fingerprint density at radius 3 is 2.57 bits per heavy atom. The van der Waals surface area contributed by atoms with Gasteiger partial charge in [-0.15, -0.1) is 13.2 Å². The van der Waals surface area contributed by atoms with Crippen LogP contribution in [0.15, 0.2) is 37.0 Å². The summed E-state index contributed by atoms with van der Waals surface area (Å²) < 4.78 is 0. The topological polar surface area (TPSA) is 40.5 Å². The maximum atomic E-state index is 11.6. The summed E-state index contributed by atoms with van der Waals surface area (Å²) in [5.74, 6) is 0. The van der Waals surface area contributed by atoms with Gasteiger partial charge in [-0.2, -0.15) is 0 Å². The minimum absolute atomic E-state index is 0.234. The van der Waals surface area contributed by atoms with E-state index in [0.717, 1.165) is 37.7 Å². The van der Waals surface area contributed by atoms with Gasteiger partial charge in [0.05, 0.1) is 5.60 Å². The minimum Gasteiger partial charge on any atom is -0.386 e. The van der Waals surface area contributed by atoms with Crippen molar-refractivity contribution in [2.24, 2.45) is 10.8 Å². The van der Waals surface area contributed by atoms with Crippen LogP contribution in [-0.2, 0) is 0 Å². The molecule has 0 bridgehead atoms. The second-order valence-electron chi connectivity index (χ2n) is 7.98. The molecule has 2 N–H and O–H groups in total. The summed E-state index contributed by atoms with van der Waals surface area (Å²) in [7, 11) is 0. The van der Waals surface area contributed by atoms with Crippen LogP contribution in [0, 0.1) is 10.8 Å². The molecular weight excluding hydrogens is 284 g/mol. The summed E-state index contributed by atoms with van der Waals surface area (Å²) >= 11 is 0. The van der Waals surface area contributed by atoms with Gasteiger partial charge < -0.3 is 10.2 Å². The van der Waals surface area contributed by atoms with E-state index in [1.54, 1.807) is 0 Å². The number of hydrogen-bond donors (Lipinski definition) is 2. The van der Waals surface area contributed by atoms with Crippen LogP contribution < -0.4 is 0 Å². The lowest BCUT2D eigenvalue weighted by Crippen LogP contribution is -2.56. The summed E-state index contributed by atoms with van der Waals surface area (Å²) in [5, 5.41) is 22.8. The van der Waals surface area contributed by atoms with E-state index in [1.807, 2.05) is 26.0 Å². The van der Waals surface area contributed by atoms with Crippen LogP contribution >= 0.6 is 0 Å². The Labute approximate surface area is 143 Å². The average Bonchev–Trinajstić information content (AvgIpc) is 2.52. The lowest BCUT2D eigenvalue weighted by Gasteiger charge is -2.49. The van der Waals surface area contributed by atoms with Crippen LogP contribution in [0.1, 0.15) is 72.6 Å². The van der Waals surface area contributed by atoms with E-state index in [0.29, 0.717) is 12.8 Å². The van der Waals surface area contributed by atoms with Gasteiger partial charge in [0, 0.05) is 5.41 Å². The molecular formula is C21H36O2. The zero-order valence-electron chi connectivity index (χ0n) is 15.6. The van der Waals surface area contributed by atoms with Crippen LogP contribution in [0.4, 0.5) is 0 Å². The highest BCUT2D eigenvalue weighted by atomic mass is 16.3. The third-order valence-corrected chi connectivity index (χ3v) is 5.86. The van der Waals surface area contributed by atoms with Crippen molar-refractivity contribution in [1.82, 2.24) is 0 Å². The minimum atomic E-state index is -1.16. The van der Waals surface area contributed by atoms with Crippen LogP contribution in [-0.4, -0.2) is 21.9 Å². The molecule has 132 valence electrons. The van der Waals surface area contributed by atoms with Crippen LogP contribution in [0.5, 0.6) is 0 Å². The Kier molecular flexibility index (Phi) is 6.85. The maximum Gasteiger partial charge on any atom is 0.105 e. The predicted molar refractivity (Wildman–Crippen MR) is 99.3 cm³/mol. The summed E-state index contributed by atoms with van der Waals surface area (Å²) in [6.07, 6.45) is 11.2. The first-order chi connectivity index (χ1) is 10.7. The molecule has 2 nitrogen and oxygen atoms in total. The second-order valence-corrected chi connectivity index (χ2v) is 7.98. The predicted octanol–water partition coefficient (Wildman–Crippen LogP) is 5.17. The summed E-state index contributed by atoms with van der Waals surface area (Å²) in [4.78, 5) is 0. The number of allylic oxidation sites excluding steroid dienone is 3. The molecule has 0 saturated carbocycles. The number of aliphatic hydroxyl groups excluding tert-OH is 1. The van der Waals surface area contributed by atoms with E-state index < -0.39 is 17.1 Å². The molecule has 0 spiro atoms. The Hall–Kier alpha value is -0.860. The van der Waals surface area contributed by atoms with Gasteiger partial charge in [-0.25, -0.2) is 0 Å². The molecule has 0 aromatic rings. The van der Waals surface area contributed by atoms with Gasteiger partial charge in [0.2, 0.25) is 0 Å². The Morgan fingerprint density at radius 2 is 2.04 bits per heavy atom. The largest absolute Gasteiger partial charge is 0.386 e. The highest BCUT2D eigenvalue weighted by Gasteiger charge is 2.51. The van der Waals surface area contributed by atoms with Crippen molar-refractivity contribution in [3.05, 3.63) is 37.0 Å². The quantitative estimate of drug-likeness (QED) is 0.575. The van der Waals surface area contributed by atoms with Crippen molar-refractivity contribution in [3.8, 4) is 0 Å². The van der Waals surface area contributed by atoms with Gasteiger partial charge in [0.1, 0.15) is 6.10 Å². The third kappa shape index (κ3) is 3.97. The van der Waals surface area contributed by atoms with Crippen molar-refractivity contribution in [1.29, 1.82) is 0 Å². The molecule has 23 heavy (non-hydrogen) atoms. The van der Waals surface area contributed by atoms with Gasteiger partial charge in [-0.1, -0.05) is 58.8 Å². The monoisotopic (exact) mass is 320 g/mol. The van der Waals surface area contributed by atoms with E-state index in [2.05, 4.69) is 33.1 Å². The highest BCUT2D eigenvalue weighted by molar-refractivity contribution is 5.30. The molecule has 3 atom stereocenters. The second kappa shape index (κ2) is 7.81. The van der Waals surface area contributed by atoms with E-state index in [1.165, 1.54) is 0 Å². The number of unbranched alkanes of at least 4 members (excludes halogenated alkanes) is 1. The number of hydrogen-bond acceptors (Lipinski definition) is 2. The van der Waals surface area contributed by atoms with Crippen LogP contribution in [0.25, 0.3) is 0 Å². The fourth-order valence-electron chi connectivity index (χ4n) is 3.83. The smallest absolute Gasteiger partial charge is 0.105 e. The van der Waals surface area contributed by atoms with Crippen molar-refractivity contribution in [2.75, 3.05) is 0 Å². The Morgan fingerprint density at radius 1 is 1.39 bits per heavy atom. The molecule has 1 aliphatic rings. The zero-order valence-corrected chi connectivity index (χ0v) is 15.6. The van der Waals surface area contributed by atoms with E-state index in [-0.39, 0.29) is 5.41 Å². The molecule has 0 amide bonds. The normalized spacial score (nSPS) is 26.1. The Balaban J connectivity index is 3.27. The third-order valence-electron chi connectivity index (χ3n) is 5.86. The molecule has 2 heteroatoms. The molecule has 0 heterocycles. The van der Waals surface area contributed by atoms with Gasteiger partial charge in [-0.3, -0.25) is 0 Å². The lowest BCUT2D eigenvalue weighted by molar-refractivity contribution is -0.144. The molecule has 0 aromatic carbocycles. The number of rotatable bonds is 9. The fourth-order valence-corrected chi connectivity index (χ4v) is 3.83. The molecule has 0 unspecified atom stereocenters. The van der Waals surface area contributed by atoms with Crippen molar-refractivity contribution < 1.29 is 10.2 Å². The van der Waals surface area contributed by atoms with Gasteiger partial charge >= 0.3 is 0 Å². The first kappa shape index (κ1) is 20.2. The highest BCUT2D eigenvalue weighted by Crippen LogP contribution is 2.48. The molecule has 0 saturated heterocycles. The van der Waals surface area contributed by atoms with E-state index in [9.17, 15) is 10.2 Å². The first-order valence-electron chi connectivity index (χ1n) is 9.04. The summed E-state index contributed by atoms with van der Waals surface area (Å²) in [6.45, 7) is 16.1. The van der Waals surface area contributed by atoms with Crippen molar-refractivity contribution in [3.63, 3.8) is 0 Å². The Bertz CT molecular complexity index is 449. The molecule has 0 radical (unpaired) electrons. The van der Waals surface area contributed by atoms with Crippen molar-refractivity contribution in [2.45, 2.75) is 84.3 Å². The van der Waals surface area contributed by atoms with E-state index in [4.69, 9.17) is 0 Å². The van der Waals surface area contributed by atoms with Gasteiger partial charge in [0.15, 0.2) is 0 Å². The van der Waals surface area contributed by atoms with Crippen molar-refractivity contribution >= 4 is 0 Å². The molecule has 1 aliphatic carbocycles. The van der Waals surface area contributed by atoms with E-state index >= 15 is 0 Å². The van der Waals surface area contributed by atoms with Crippen LogP contribution in [0.2, 0.25) is 0 Å². The summed E-state index contributed by atoms with van der Waals surface area (Å²) in [5.41, 5.74) is -0.897. The standard InChI is InChI=1S/C21H36O2/c1-7-10-16-21(23,19(4,5)14-8-2)18(22)17-13-11-12-15-20(17,6)9-3/h8-9,13,18,22-23H,2-3,7,10-12,14-16H2,1,4-6H3/t18-,20-,21+/m0/s1. The molecule has 1 rings (SSSR count). The van der Waals surface area contributed by atoms with Gasteiger partial charge in [0.25, 0.3) is 0 Å². The fraction of sp³-hybridized carbons (Fsp3) is 0.714.